The molecule has 2 fully saturated rings. The van der Waals surface area contributed by atoms with Crippen molar-refractivity contribution in [2.24, 2.45) is 29.6 Å². The van der Waals surface area contributed by atoms with Crippen molar-refractivity contribution in [3.05, 3.63) is 23.9 Å². The van der Waals surface area contributed by atoms with Crippen molar-refractivity contribution in [1.82, 2.24) is 5.32 Å². The van der Waals surface area contributed by atoms with Crippen LogP contribution in [0.25, 0.3) is 0 Å². The second-order valence-electron chi connectivity index (χ2n) is 6.84. The highest BCUT2D eigenvalue weighted by molar-refractivity contribution is 5.78. The Labute approximate surface area is 115 Å². The summed E-state index contributed by atoms with van der Waals surface area (Å²) in [6, 6.07) is 0. The largest absolute Gasteiger partial charge is 0.330 e. The summed E-state index contributed by atoms with van der Waals surface area (Å²) in [5.74, 6) is 4.35. The van der Waals surface area contributed by atoms with Gasteiger partial charge in [-0.2, -0.15) is 0 Å². The first-order valence-electron chi connectivity index (χ1n) is 7.99. The van der Waals surface area contributed by atoms with Gasteiger partial charge in [-0.25, -0.2) is 0 Å². The van der Waals surface area contributed by atoms with Crippen molar-refractivity contribution in [3.8, 4) is 0 Å². The first-order valence-corrected chi connectivity index (χ1v) is 7.99. The number of hydrogen-bond donors (Lipinski definition) is 1. The fourth-order valence-electron chi connectivity index (χ4n) is 5.16. The van der Waals surface area contributed by atoms with E-state index in [2.05, 4.69) is 23.5 Å². The van der Waals surface area contributed by atoms with E-state index in [1.54, 1.807) is 0 Å². The smallest absolute Gasteiger partial charge is 0.224 e. The van der Waals surface area contributed by atoms with E-state index in [4.69, 9.17) is 0 Å². The highest BCUT2D eigenvalue weighted by Crippen LogP contribution is 2.52. The first-order chi connectivity index (χ1) is 9.33. The summed E-state index contributed by atoms with van der Waals surface area (Å²) in [7, 11) is 0. The number of allylic oxidation sites excluding steroid dienone is 4. The summed E-state index contributed by atoms with van der Waals surface area (Å²) in [5, 5.41) is 3.18. The molecule has 0 aromatic heterocycles. The predicted molar refractivity (Wildman–Crippen MR) is 75.1 cm³/mol. The Bertz CT molecular complexity index is 450. The van der Waals surface area contributed by atoms with Gasteiger partial charge in [0, 0.05) is 18.0 Å². The van der Waals surface area contributed by atoms with Gasteiger partial charge in [0.25, 0.3) is 0 Å². The zero-order chi connectivity index (χ0) is 12.8. The van der Waals surface area contributed by atoms with Crippen LogP contribution in [0.1, 0.15) is 44.9 Å². The van der Waals surface area contributed by atoms with Gasteiger partial charge in [0.1, 0.15) is 0 Å². The van der Waals surface area contributed by atoms with Gasteiger partial charge in [0.15, 0.2) is 0 Å². The van der Waals surface area contributed by atoms with Gasteiger partial charge >= 0.3 is 0 Å². The first kappa shape index (κ1) is 11.7. The van der Waals surface area contributed by atoms with E-state index in [0.29, 0.717) is 5.92 Å². The molecule has 2 heteroatoms. The van der Waals surface area contributed by atoms with Crippen molar-refractivity contribution in [2.75, 3.05) is 0 Å². The lowest BCUT2D eigenvalue weighted by molar-refractivity contribution is -0.120. The van der Waals surface area contributed by atoms with Crippen molar-refractivity contribution in [1.29, 1.82) is 0 Å². The predicted octanol–water partition coefficient (Wildman–Crippen LogP) is 3.41. The molecule has 5 unspecified atom stereocenters. The highest BCUT2D eigenvalue weighted by Gasteiger charge is 2.45. The molecular formula is C17H23NO. The van der Waals surface area contributed by atoms with E-state index in [0.717, 1.165) is 36.5 Å². The summed E-state index contributed by atoms with van der Waals surface area (Å²) in [6.07, 6.45) is 15.5. The maximum atomic E-state index is 11.7. The quantitative estimate of drug-likeness (QED) is 0.662. The number of carbonyl (C=O) groups excluding carboxylic acids is 1. The molecule has 2 nitrogen and oxygen atoms in total. The van der Waals surface area contributed by atoms with Gasteiger partial charge in [-0.1, -0.05) is 18.2 Å². The van der Waals surface area contributed by atoms with Gasteiger partial charge in [0.05, 0.1) is 0 Å². The Balaban J connectivity index is 1.62. The molecule has 0 bridgehead atoms. The van der Waals surface area contributed by atoms with Crippen LogP contribution in [0, 0.1) is 29.6 Å². The molecule has 19 heavy (non-hydrogen) atoms. The zero-order valence-corrected chi connectivity index (χ0v) is 11.5. The van der Waals surface area contributed by atoms with Crippen LogP contribution < -0.4 is 5.32 Å². The molecular weight excluding hydrogens is 234 g/mol. The van der Waals surface area contributed by atoms with E-state index >= 15 is 0 Å². The second kappa shape index (κ2) is 4.50. The number of hydrogen-bond acceptors (Lipinski definition) is 1. The van der Waals surface area contributed by atoms with Gasteiger partial charge < -0.3 is 5.32 Å². The third-order valence-electron chi connectivity index (χ3n) is 6.00. The van der Waals surface area contributed by atoms with E-state index in [1.165, 1.54) is 37.8 Å². The molecule has 4 aliphatic rings. The van der Waals surface area contributed by atoms with E-state index in [9.17, 15) is 4.79 Å². The molecule has 0 aromatic carbocycles. The number of carbonyl (C=O) groups is 1. The fraction of sp³-hybridized carbons (Fsp3) is 0.706. The minimum atomic E-state index is 0.239. The number of fused-ring (bicyclic) bond motifs is 5. The van der Waals surface area contributed by atoms with Crippen molar-refractivity contribution in [3.63, 3.8) is 0 Å². The Hall–Kier alpha value is -1.05. The maximum Gasteiger partial charge on any atom is 0.224 e. The topological polar surface area (TPSA) is 29.1 Å². The van der Waals surface area contributed by atoms with Crippen molar-refractivity contribution < 1.29 is 4.79 Å². The van der Waals surface area contributed by atoms with Crippen LogP contribution in [0.3, 0.4) is 0 Å². The fourth-order valence-corrected chi connectivity index (χ4v) is 5.16. The highest BCUT2D eigenvalue weighted by atomic mass is 16.1. The summed E-state index contributed by atoms with van der Waals surface area (Å²) >= 11 is 0. The lowest BCUT2D eigenvalue weighted by Gasteiger charge is -2.46. The molecule has 1 N–H and O–H groups in total. The Morgan fingerprint density at radius 1 is 1.05 bits per heavy atom. The molecule has 1 saturated carbocycles. The summed E-state index contributed by atoms with van der Waals surface area (Å²) in [6.45, 7) is 0. The maximum absolute atomic E-state index is 11.7. The van der Waals surface area contributed by atoms with E-state index in [1.807, 2.05) is 0 Å². The van der Waals surface area contributed by atoms with Gasteiger partial charge in [0.2, 0.25) is 5.91 Å². The molecule has 102 valence electrons. The van der Waals surface area contributed by atoms with Gasteiger partial charge in [-0.05, 0) is 62.2 Å². The third-order valence-corrected chi connectivity index (χ3v) is 6.00. The lowest BCUT2D eigenvalue weighted by atomic mass is 9.59. The summed E-state index contributed by atoms with van der Waals surface area (Å²) in [4.78, 5) is 11.7. The zero-order valence-electron chi connectivity index (χ0n) is 11.5. The average Bonchev–Trinajstić information content (AvgIpc) is 2.80. The molecule has 3 aliphatic carbocycles. The second-order valence-corrected chi connectivity index (χ2v) is 6.84. The number of amides is 1. The number of rotatable bonds is 0. The Morgan fingerprint density at radius 3 is 2.95 bits per heavy atom. The standard InChI is InChI=1S/C17H23NO/c19-17-6-2-5-15-14-8-7-11-3-1-4-12(11)13(14)9-10-16(15)18-17/h1,3,10-15H,2,4-9H2,(H,18,19). The molecule has 1 aliphatic heterocycles. The minimum Gasteiger partial charge on any atom is -0.330 e. The van der Waals surface area contributed by atoms with Crippen LogP contribution in [0.5, 0.6) is 0 Å². The molecule has 1 heterocycles. The van der Waals surface area contributed by atoms with Crippen LogP contribution in [0.4, 0.5) is 0 Å². The Morgan fingerprint density at radius 2 is 2.00 bits per heavy atom. The molecule has 4 rings (SSSR count). The average molecular weight is 257 g/mol. The lowest BCUT2D eigenvalue weighted by Crippen LogP contribution is -2.41. The number of nitrogens with one attached hydrogen (secondary N) is 1. The molecule has 1 saturated heterocycles. The third kappa shape index (κ3) is 1.87. The van der Waals surface area contributed by atoms with Crippen LogP contribution in [0.2, 0.25) is 0 Å². The molecule has 0 aromatic rings. The van der Waals surface area contributed by atoms with Crippen LogP contribution >= 0.6 is 0 Å². The monoisotopic (exact) mass is 257 g/mol. The molecule has 0 spiro atoms. The molecule has 5 atom stereocenters. The van der Waals surface area contributed by atoms with E-state index in [-0.39, 0.29) is 5.91 Å². The van der Waals surface area contributed by atoms with Crippen molar-refractivity contribution >= 4 is 5.91 Å². The minimum absolute atomic E-state index is 0.239. The normalized spacial score (nSPS) is 44.5. The summed E-state index contributed by atoms with van der Waals surface area (Å²) in [5.41, 5.74) is 1.27. The molecule has 0 radical (unpaired) electrons. The van der Waals surface area contributed by atoms with Crippen LogP contribution in [-0.2, 0) is 4.79 Å². The molecule has 1 amide bonds. The van der Waals surface area contributed by atoms with Gasteiger partial charge in [-0.15, -0.1) is 0 Å². The van der Waals surface area contributed by atoms with Gasteiger partial charge in [-0.3, -0.25) is 4.79 Å². The SMILES string of the molecule is O=C1CCCC2C(=CCC3C4CC=CC4CCC23)N1. The Kier molecular flexibility index (Phi) is 2.78. The summed E-state index contributed by atoms with van der Waals surface area (Å²) < 4.78 is 0. The van der Waals surface area contributed by atoms with Crippen LogP contribution in [-0.4, -0.2) is 5.91 Å². The van der Waals surface area contributed by atoms with Crippen molar-refractivity contribution in [2.45, 2.75) is 44.9 Å². The van der Waals surface area contributed by atoms with E-state index < -0.39 is 0 Å². The van der Waals surface area contributed by atoms with Crippen LogP contribution in [0.15, 0.2) is 23.9 Å².